The summed E-state index contributed by atoms with van der Waals surface area (Å²) >= 11 is 0.397. The summed E-state index contributed by atoms with van der Waals surface area (Å²) < 4.78 is 51.8. The van der Waals surface area contributed by atoms with E-state index in [1.54, 1.807) is 0 Å². The van der Waals surface area contributed by atoms with Crippen molar-refractivity contribution in [3.63, 3.8) is 0 Å². The Hall–Kier alpha value is -1.87. The predicted molar refractivity (Wildman–Crippen MR) is 78.1 cm³/mol. The molecular weight excluding hydrogens is 336 g/mol. The largest absolute Gasteiger partial charge is 0.440 e. The van der Waals surface area contributed by atoms with Crippen molar-refractivity contribution in [2.45, 2.75) is 15.7 Å². The van der Waals surface area contributed by atoms with Crippen LogP contribution in [0.25, 0.3) is 0 Å². The lowest BCUT2D eigenvalue weighted by molar-refractivity contribution is 0.0991. The molecule has 1 N–H and O–H groups in total. The quantitative estimate of drug-likeness (QED) is 0.840. The first-order chi connectivity index (χ1) is 10.3. The molecule has 118 valence electrons. The maximum atomic E-state index is 12.2. The van der Waals surface area contributed by atoms with E-state index in [1.807, 2.05) is 0 Å². The molecule has 22 heavy (non-hydrogen) atoms. The highest BCUT2D eigenvalue weighted by Gasteiger charge is 2.17. The van der Waals surface area contributed by atoms with Gasteiger partial charge in [0.15, 0.2) is 5.76 Å². The fraction of sp³-hybridized carbons (Fsp3) is 0.154. The van der Waals surface area contributed by atoms with Crippen LogP contribution in [-0.4, -0.2) is 26.3 Å². The van der Waals surface area contributed by atoms with E-state index in [2.05, 4.69) is 5.32 Å². The number of carbonyl (C=O) groups excluding carboxylic acids is 1. The van der Waals surface area contributed by atoms with E-state index in [-0.39, 0.29) is 10.9 Å². The van der Waals surface area contributed by atoms with Crippen molar-refractivity contribution < 1.29 is 26.4 Å². The molecule has 2 aromatic rings. The molecule has 2 rings (SSSR count). The van der Waals surface area contributed by atoms with Crippen LogP contribution in [0.15, 0.2) is 50.8 Å². The van der Waals surface area contributed by atoms with Gasteiger partial charge in [0.1, 0.15) is 0 Å². The van der Waals surface area contributed by atoms with Crippen LogP contribution < -0.4 is 5.32 Å². The van der Waals surface area contributed by atoms with Gasteiger partial charge < -0.3 is 9.73 Å². The molecule has 1 amide bonds. The topological polar surface area (TPSA) is 76.4 Å². The Morgan fingerprint density at radius 1 is 1.18 bits per heavy atom. The van der Waals surface area contributed by atoms with Crippen LogP contribution in [0.3, 0.4) is 0 Å². The predicted octanol–water partition coefficient (Wildman–Crippen LogP) is 3.25. The highest BCUT2D eigenvalue weighted by Crippen LogP contribution is 2.26. The highest BCUT2D eigenvalue weighted by molar-refractivity contribution is 7.99. The first-order valence-corrected chi connectivity index (χ1v) is 8.69. The van der Waals surface area contributed by atoms with E-state index in [4.69, 9.17) is 4.42 Å². The molecule has 0 aliphatic heterocycles. The Morgan fingerprint density at radius 2 is 1.82 bits per heavy atom. The molecule has 0 aliphatic carbocycles. The van der Waals surface area contributed by atoms with Gasteiger partial charge >= 0.3 is 0 Å². The van der Waals surface area contributed by atoms with Crippen LogP contribution in [0.4, 0.5) is 14.5 Å². The van der Waals surface area contributed by atoms with Crippen molar-refractivity contribution in [2.24, 2.45) is 0 Å². The zero-order valence-electron chi connectivity index (χ0n) is 11.2. The number of amides is 1. The molecule has 0 spiro atoms. The van der Waals surface area contributed by atoms with E-state index in [0.717, 1.165) is 6.26 Å². The number of anilines is 1. The third-order valence-corrected chi connectivity index (χ3v) is 4.18. The fourth-order valence-electron chi connectivity index (χ4n) is 1.55. The number of thioether (sulfide) groups is 1. The number of carbonyl (C=O) groups is 1. The average molecular weight is 347 g/mol. The minimum absolute atomic E-state index is 0.161. The monoisotopic (exact) mass is 347 g/mol. The molecule has 0 saturated heterocycles. The van der Waals surface area contributed by atoms with Gasteiger partial charge in [-0.05, 0) is 36.4 Å². The summed E-state index contributed by atoms with van der Waals surface area (Å²) in [5.41, 5.74) is 0.376. The number of furan rings is 1. The van der Waals surface area contributed by atoms with Crippen molar-refractivity contribution in [3.8, 4) is 0 Å². The molecule has 9 heteroatoms. The SMILES string of the molecule is CS(=O)(=O)c1ccc(C(=O)Nc2ccc(SC(F)F)cc2)o1. The molecule has 0 atom stereocenters. The minimum Gasteiger partial charge on any atom is -0.440 e. The Labute approximate surface area is 129 Å². The van der Waals surface area contributed by atoms with Gasteiger partial charge in [0.25, 0.3) is 11.7 Å². The number of benzene rings is 1. The van der Waals surface area contributed by atoms with Crippen LogP contribution in [0, 0.1) is 0 Å². The molecule has 5 nitrogen and oxygen atoms in total. The van der Waals surface area contributed by atoms with Crippen LogP contribution >= 0.6 is 11.8 Å². The summed E-state index contributed by atoms with van der Waals surface area (Å²) in [6, 6.07) is 8.23. The number of rotatable bonds is 5. The van der Waals surface area contributed by atoms with Crippen LogP contribution in [0.2, 0.25) is 0 Å². The lowest BCUT2D eigenvalue weighted by Gasteiger charge is -2.04. The van der Waals surface area contributed by atoms with Gasteiger partial charge in [0.2, 0.25) is 14.9 Å². The average Bonchev–Trinajstić information content (AvgIpc) is 2.90. The van der Waals surface area contributed by atoms with Crippen molar-refractivity contribution in [3.05, 3.63) is 42.2 Å². The van der Waals surface area contributed by atoms with Crippen LogP contribution in [0.1, 0.15) is 10.6 Å². The second kappa shape index (κ2) is 6.49. The summed E-state index contributed by atoms with van der Waals surface area (Å²) in [6.45, 7) is 0. The van der Waals surface area contributed by atoms with Gasteiger partial charge in [-0.1, -0.05) is 11.8 Å². The summed E-state index contributed by atoms with van der Waals surface area (Å²) in [6.07, 6.45) is 0.965. The van der Waals surface area contributed by atoms with E-state index >= 15 is 0 Å². The maximum absolute atomic E-state index is 12.2. The maximum Gasteiger partial charge on any atom is 0.291 e. The van der Waals surface area contributed by atoms with Crippen molar-refractivity contribution in [1.82, 2.24) is 0 Å². The first-order valence-electron chi connectivity index (χ1n) is 5.92. The van der Waals surface area contributed by atoms with Crippen molar-refractivity contribution >= 4 is 33.2 Å². The Morgan fingerprint density at radius 3 is 2.32 bits per heavy atom. The Kier molecular flexibility index (Phi) is 4.87. The Balaban J connectivity index is 2.07. The number of nitrogens with one attached hydrogen (secondary N) is 1. The number of alkyl halides is 2. The van der Waals surface area contributed by atoms with Gasteiger partial charge in [0.05, 0.1) is 0 Å². The normalized spacial score (nSPS) is 11.6. The third-order valence-electron chi connectivity index (χ3n) is 2.51. The van der Waals surface area contributed by atoms with Gasteiger partial charge in [-0.3, -0.25) is 4.79 Å². The Bertz CT molecular complexity index is 770. The van der Waals surface area contributed by atoms with Crippen molar-refractivity contribution in [2.75, 3.05) is 11.6 Å². The lowest BCUT2D eigenvalue weighted by atomic mass is 10.3. The molecule has 1 aromatic carbocycles. The smallest absolute Gasteiger partial charge is 0.291 e. The third kappa shape index (κ3) is 4.31. The zero-order chi connectivity index (χ0) is 16.3. The van der Waals surface area contributed by atoms with Gasteiger partial charge in [-0.25, -0.2) is 8.42 Å². The van der Waals surface area contributed by atoms with Crippen LogP contribution in [0.5, 0.6) is 0 Å². The molecule has 1 aromatic heterocycles. The van der Waals surface area contributed by atoms with Gasteiger partial charge in [-0.2, -0.15) is 8.78 Å². The molecule has 0 unspecified atom stereocenters. The fourth-order valence-corrected chi connectivity index (χ4v) is 2.61. The summed E-state index contributed by atoms with van der Waals surface area (Å²) in [5.74, 6) is -3.31. The number of hydrogen-bond donors (Lipinski definition) is 1. The molecule has 0 bridgehead atoms. The summed E-state index contributed by atoms with van der Waals surface area (Å²) in [7, 11) is -3.53. The second-order valence-electron chi connectivity index (χ2n) is 4.25. The van der Waals surface area contributed by atoms with E-state index in [1.165, 1.54) is 36.4 Å². The lowest BCUT2D eigenvalue weighted by Crippen LogP contribution is -2.10. The second-order valence-corrected chi connectivity index (χ2v) is 7.26. The standard InChI is InChI=1S/C13H11F2NO4S2/c1-22(18,19)11-7-6-10(20-11)12(17)16-8-2-4-9(5-3-8)21-13(14)15/h2-7,13H,1H3,(H,16,17). The first kappa shape index (κ1) is 16.5. The summed E-state index contributed by atoms with van der Waals surface area (Å²) in [5, 5.41) is 2.17. The van der Waals surface area contributed by atoms with E-state index < -0.39 is 21.5 Å². The van der Waals surface area contributed by atoms with E-state index in [9.17, 15) is 22.0 Å². The van der Waals surface area contributed by atoms with Crippen molar-refractivity contribution in [1.29, 1.82) is 0 Å². The molecule has 0 radical (unpaired) electrons. The highest BCUT2D eigenvalue weighted by atomic mass is 32.2. The number of hydrogen-bond acceptors (Lipinski definition) is 5. The van der Waals surface area contributed by atoms with E-state index in [0.29, 0.717) is 22.3 Å². The molecule has 0 aliphatic rings. The zero-order valence-corrected chi connectivity index (χ0v) is 12.9. The molecular formula is C13H11F2NO4S2. The molecule has 0 saturated carbocycles. The van der Waals surface area contributed by atoms with Gasteiger partial charge in [0, 0.05) is 16.8 Å². The molecule has 1 heterocycles. The van der Waals surface area contributed by atoms with Crippen LogP contribution in [-0.2, 0) is 9.84 Å². The number of halogens is 2. The molecule has 0 fully saturated rings. The number of sulfone groups is 1. The summed E-state index contributed by atoms with van der Waals surface area (Å²) in [4.78, 5) is 12.3. The van der Waals surface area contributed by atoms with Gasteiger partial charge in [-0.15, -0.1) is 0 Å². The minimum atomic E-state index is -3.53.